The van der Waals surface area contributed by atoms with Crippen LogP contribution < -0.4 is 10.2 Å². The average molecular weight is 407 g/mol. The van der Waals surface area contributed by atoms with Crippen molar-refractivity contribution in [1.29, 1.82) is 0 Å². The maximum atomic E-state index is 13.1. The third-order valence-electron chi connectivity index (χ3n) is 5.02. The minimum Gasteiger partial charge on any atom is -0.465 e. The van der Waals surface area contributed by atoms with E-state index in [9.17, 15) is 18.0 Å². The van der Waals surface area contributed by atoms with E-state index in [0.717, 1.165) is 24.4 Å². The molecule has 0 bridgehead atoms. The summed E-state index contributed by atoms with van der Waals surface area (Å²) in [5, 5.41) is 10.9. The molecule has 7 nitrogen and oxygen atoms in total. The molecule has 154 valence electrons. The van der Waals surface area contributed by atoms with Crippen LogP contribution in [0.3, 0.4) is 0 Å². The number of hydrogen-bond acceptors (Lipinski definition) is 5. The van der Waals surface area contributed by atoms with Crippen molar-refractivity contribution in [2.45, 2.75) is 32.5 Å². The van der Waals surface area contributed by atoms with Gasteiger partial charge in [-0.3, -0.25) is 9.20 Å². The van der Waals surface area contributed by atoms with Gasteiger partial charge in [-0.1, -0.05) is 0 Å². The van der Waals surface area contributed by atoms with Crippen LogP contribution in [0.25, 0.3) is 5.65 Å². The summed E-state index contributed by atoms with van der Waals surface area (Å²) >= 11 is 0. The molecule has 1 amide bonds. The maximum absolute atomic E-state index is 13.1. The molecule has 0 saturated carbocycles. The lowest BCUT2D eigenvalue weighted by molar-refractivity contribution is -0.137. The van der Waals surface area contributed by atoms with E-state index in [0.29, 0.717) is 43.4 Å². The normalized spacial score (nSPS) is 17.7. The number of anilines is 1. The first kappa shape index (κ1) is 19.3. The summed E-state index contributed by atoms with van der Waals surface area (Å²) in [6.07, 6.45) is -2.03. The zero-order valence-electron chi connectivity index (χ0n) is 15.7. The van der Waals surface area contributed by atoms with Gasteiger partial charge in [0.15, 0.2) is 5.65 Å². The van der Waals surface area contributed by atoms with E-state index in [2.05, 4.69) is 15.5 Å². The van der Waals surface area contributed by atoms with Crippen LogP contribution in [0, 0.1) is 12.8 Å². The van der Waals surface area contributed by atoms with Crippen molar-refractivity contribution in [3.63, 3.8) is 0 Å². The minimum atomic E-state index is -4.45. The zero-order chi connectivity index (χ0) is 20.6. The Kier molecular flexibility index (Phi) is 4.93. The number of alkyl halides is 3. The lowest BCUT2D eigenvalue weighted by atomic mass is 9.97. The van der Waals surface area contributed by atoms with Gasteiger partial charge in [0.05, 0.1) is 18.0 Å². The first-order valence-corrected chi connectivity index (χ1v) is 9.31. The van der Waals surface area contributed by atoms with E-state index in [-0.39, 0.29) is 11.8 Å². The van der Waals surface area contributed by atoms with Gasteiger partial charge in [0, 0.05) is 19.3 Å². The predicted molar refractivity (Wildman–Crippen MR) is 98.2 cm³/mol. The van der Waals surface area contributed by atoms with Crippen molar-refractivity contribution in [1.82, 2.24) is 19.9 Å². The third kappa shape index (κ3) is 4.06. The number of rotatable bonds is 4. The van der Waals surface area contributed by atoms with Gasteiger partial charge >= 0.3 is 6.18 Å². The number of nitrogens with zero attached hydrogens (tertiary/aromatic N) is 4. The Balaban J connectivity index is 1.48. The molecule has 0 aromatic carbocycles. The highest BCUT2D eigenvalue weighted by molar-refractivity contribution is 5.79. The standard InChI is InChI=1S/C19H20F3N5O2/c1-12-4-6-15(29-12)9-23-17(28)13-3-2-8-26(10-13)18-25-24-16-7-5-14(11-27(16)18)19(20,21)22/h4-7,11,13H,2-3,8-10H2,1H3,(H,23,28)/t13-/m1/s1. The Morgan fingerprint density at radius 2 is 2.10 bits per heavy atom. The van der Waals surface area contributed by atoms with Gasteiger partial charge in [0.2, 0.25) is 11.9 Å². The van der Waals surface area contributed by atoms with Gasteiger partial charge in [0.1, 0.15) is 11.5 Å². The van der Waals surface area contributed by atoms with Crippen LogP contribution in [0.2, 0.25) is 0 Å². The molecule has 1 atom stereocenters. The van der Waals surface area contributed by atoms with E-state index >= 15 is 0 Å². The average Bonchev–Trinajstić information content (AvgIpc) is 3.31. The van der Waals surface area contributed by atoms with E-state index in [4.69, 9.17) is 4.42 Å². The highest BCUT2D eigenvalue weighted by Gasteiger charge is 2.32. The molecule has 1 fully saturated rings. The molecular formula is C19H20F3N5O2. The number of carbonyl (C=O) groups excluding carboxylic acids is 1. The highest BCUT2D eigenvalue weighted by Crippen LogP contribution is 2.30. The lowest BCUT2D eigenvalue weighted by Gasteiger charge is -2.32. The molecule has 29 heavy (non-hydrogen) atoms. The Bertz CT molecular complexity index is 1030. The summed E-state index contributed by atoms with van der Waals surface area (Å²) in [7, 11) is 0. The molecule has 10 heteroatoms. The molecule has 0 radical (unpaired) electrons. The summed E-state index contributed by atoms with van der Waals surface area (Å²) in [6, 6.07) is 5.91. The number of furan rings is 1. The molecule has 1 aliphatic rings. The van der Waals surface area contributed by atoms with Crippen molar-refractivity contribution >= 4 is 17.5 Å². The quantitative estimate of drug-likeness (QED) is 0.719. The van der Waals surface area contributed by atoms with Crippen LogP contribution >= 0.6 is 0 Å². The summed E-state index contributed by atoms with van der Waals surface area (Å²) in [4.78, 5) is 14.4. The number of piperidine rings is 1. The molecule has 1 N–H and O–H groups in total. The fourth-order valence-electron chi connectivity index (χ4n) is 3.53. The van der Waals surface area contributed by atoms with Crippen LogP contribution in [-0.4, -0.2) is 33.6 Å². The summed E-state index contributed by atoms with van der Waals surface area (Å²) in [6.45, 7) is 3.08. The van der Waals surface area contributed by atoms with E-state index < -0.39 is 11.7 Å². The summed E-state index contributed by atoms with van der Waals surface area (Å²) in [5.41, 5.74) is -0.446. The first-order chi connectivity index (χ1) is 13.8. The van der Waals surface area contributed by atoms with Gasteiger partial charge in [-0.15, -0.1) is 10.2 Å². The third-order valence-corrected chi connectivity index (χ3v) is 5.02. The Labute approximate surface area is 164 Å². The molecule has 1 aliphatic heterocycles. The van der Waals surface area contributed by atoms with Gasteiger partial charge in [0.25, 0.3) is 0 Å². The predicted octanol–water partition coefficient (Wildman–Crippen LogP) is 3.18. The van der Waals surface area contributed by atoms with Crippen molar-refractivity contribution in [2.24, 2.45) is 5.92 Å². The monoisotopic (exact) mass is 407 g/mol. The van der Waals surface area contributed by atoms with Crippen LogP contribution in [0.4, 0.5) is 19.1 Å². The number of amides is 1. The van der Waals surface area contributed by atoms with Crippen LogP contribution in [-0.2, 0) is 17.5 Å². The number of aryl methyl sites for hydroxylation is 1. The molecule has 3 aromatic rings. The Morgan fingerprint density at radius 1 is 1.28 bits per heavy atom. The lowest BCUT2D eigenvalue weighted by Crippen LogP contribution is -2.43. The molecule has 4 heterocycles. The van der Waals surface area contributed by atoms with Gasteiger partial charge in [-0.2, -0.15) is 13.2 Å². The van der Waals surface area contributed by atoms with Crippen LogP contribution in [0.1, 0.15) is 29.9 Å². The van der Waals surface area contributed by atoms with Crippen LogP contribution in [0.5, 0.6) is 0 Å². The second kappa shape index (κ2) is 7.41. The molecule has 0 unspecified atom stereocenters. The number of pyridine rings is 1. The van der Waals surface area contributed by atoms with Gasteiger partial charge in [-0.05, 0) is 44.0 Å². The fraction of sp³-hybridized carbons (Fsp3) is 0.421. The fourth-order valence-corrected chi connectivity index (χ4v) is 3.53. The highest BCUT2D eigenvalue weighted by atomic mass is 19.4. The molecular weight excluding hydrogens is 387 g/mol. The second-order valence-corrected chi connectivity index (χ2v) is 7.16. The van der Waals surface area contributed by atoms with E-state index in [1.54, 1.807) is 0 Å². The first-order valence-electron chi connectivity index (χ1n) is 9.31. The van der Waals surface area contributed by atoms with Gasteiger partial charge in [-0.25, -0.2) is 0 Å². The maximum Gasteiger partial charge on any atom is 0.417 e. The van der Waals surface area contributed by atoms with Crippen molar-refractivity contribution in [3.8, 4) is 0 Å². The zero-order valence-corrected chi connectivity index (χ0v) is 15.7. The summed E-state index contributed by atoms with van der Waals surface area (Å²) in [5.74, 6) is 1.35. The second-order valence-electron chi connectivity index (χ2n) is 7.16. The number of fused-ring (bicyclic) bond motifs is 1. The van der Waals surface area contributed by atoms with Crippen molar-refractivity contribution in [2.75, 3.05) is 18.0 Å². The molecule has 3 aromatic heterocycles. The molecule has 4 rings (SSSR count). The van der Waals surface area contributed by atoms with E-state index in [1.165, 1.54) is 10.5 Å². The SMILES string of the molecule is Cc1ccc(CNC(=O)[C@@H]2CCCN(c3nnc4ccc(C(F)(F)F)cn34)C2)o1. The van der Waals surface area contributed by atoms with Crippen molar-refractivity contribution in [3.05, 3.63) is 47.5 Å². The van der Waals surface area contributed by atoms with Crippen LogP contribution in [0.15, 0.2) is 34.9 Å². The smallest absolute Gasteiger partial charge is 0.417 e. The number of hydrogen-bond donors (Lipinski definition) is 1. The molecule has 1 saturated heterocycles. The van der Waals surface area contributed by atoms with Crippen molar-refractivity contribution < 1.29 is 22.4 Å². The molecule has 0 aliphatic carbocycles. The number of nitrogens with one attached hydrogen (secondary N) is 1. The van der Waals surface area contributed by atoms with E-state index in [1.807, 2.05) is 24.0 Å². The molecule has 0 spiro atoms. The number of carbonyl (C=O) groups is 1. The Morgan fingerprint density at radius 3 is 2.83 bits per heavy atom. The Hall–Kier alpha value is -3.04. The van der Waals surface area contributed by atoms with Gasteiger partial charge < -0.3 is 14.6 Å². The minimum absolute atomic E-state index is 0.117. The number of aromatic nitrogens is 3. The summed E-state index contributed by atoms with van der Waals surface area (Å²) < 4.78 is 46.0. The topological polar surface area (TPSA) is 75.7 Å². The largest absolute Gasteiger partial charge is 0.465 e. The number of halogens is 3.